The molecule has 0 aromatic rings. The second-order valence-electron chi connectivity index (χ2n) is 3.83. The summed E-state index contributed by atoms with van der Waals surface area (Å²) in [6.07, 6.45) is 4.33. The molecule has 0 fully saturated rings. The number of nitrogens with zero attached hydrogens (tertiary/aromatic N) is 2. The van der Waals surface area contributed by atoms with Gasteiger partial charge in [0.1, 0.15) is 0 Å². The van der Waals surface area contributed by atoms with Crippen LogP contribution in [0.15, 0.2) is 17.6 Å². The summed E-state index contributed by atoms with van der Waals surface area (Å²) in [6.45, 7) is 9.73. The lowest BCUT2D eigenvalue weighted by Gasteiger charge is -2.17. The van der Waals surface area contributed by atoms with Crippen molar-refractivity contribution in [3.63, 3.8) is 0 Å². The van der Waals surface area contributed by atoms with E-state index in [-0.39, 0.29) is 24.0 Å². The Hall–Kier alpha value is -0.300. The first kappa shape index (κ1) is 19.0. The van der Waals surface area contributed by atoms with Crippen molar-refractivity contribution in [3.8, 4) is 0 Å². The third-order valence-corrected chi connectivity index (χ3v) is 2.32. The number of guanidine groups is 1. The lowest BCUT2D eigenvalue weighted by atomic mass is 10.3. The van der Waals surface area contributed by atoms with Gasteiger partial charge in [0.2, 0.25) is 0 Å². The monoisotopic (exact) mass is 354 g/mol. The molecule has 0 saturated heterocycles. The molecule has 0 aliphatic heterocycles. The zero-order valence-corrected chi connectivity index (χ0v) is 13.7. The molecule has 0 heterocycles. The maximum Gasteiger partial charge on any atom is 0.191 e. The normalized spacial score (nSPS) is 10.9. The fourth-order valence-corrected chi connectivity index (χ4v) is 1.29. The predicted molar refractivity (Wildman–Crippen MR) is 87.4 cm³/mol. The number of hydrogen-bond acceptors (Lipinski definition) is 2. The molecule has 0 aromatic heterocycles. The molecule has 5 heteroatoms. The summed E-state index contributed by atoms with van der Waals surface area (Å²) in [7, 11) is 3.93. The zero-order chi connectivity index (χ0) is 12.2. The number of hydrogen-bond donors (Lipinski definition) is 2. The van der Waals surface area contributed by atoms with Crippen LogP contribution in [0.1, 0.15) is 19.8 Å². The number of likely N-dealkylation sites (N-methyl/N-ethyl adjacent to an activating group) is 1. The molecular weight excluding hydrogens is 327 g/mol. The van der Waals surface area contributed by atoms with Crippen LogP contribution in [-0.2, 0) is 0 Å². The molecule has 0 unspecified atom stereocenters. The third-order valence-electron chi connectivity index (χ3n) is 2.32. The third kappa shape index (κ3) is 12.0. The van der Waals surface area contributed by atoms with Gasteiger partial charge in [-0.05, 0) is 20.0 Å². The zero-order valence-electron chi connectivity index (χ0n) is 11.3. The number of aliphatic imine (C=N–C) groups is 1. The smallest absolute Gasteiger partial charge is 0.191 e. The first-order chi connectivity index (χ1) is 7.74. The average Bonchev–Trinajstić information content (AvgIpc) is 2.30. The van der Waals surface area contributed by atoms with Crippen LogP contribution in [0, 0.1) is 0 Å². The van der Waals surface area contributed by atoms with Gasteiger partial charge in [-0.2, -0.15) is 0 Å². The topological polar surface area (TPSA) is 39.7 Å². The van der Waals surface area contributed by atoms with Crippen LogP contribution in [0.4, 0.5) is 0 Å². The maximum atomic E-state index is 4.11. The fraction of sp³-hybridized carbons (Fsp3) is 0.750. The van der Waals surface area contributed by atoms with Crippen LogP contribution >= 0.6 is 24.0 Å². The van der Waals surface area contributed by atoms with Crippen LogP contribution in [0.25, 0.3) is 0 Å². The highest BCUT2D eigenvalue weighted by Gasteiger charge is 1.98. The van der Waals surface area contributed by atoms with E-state index in [1.54, 1.807) is 7.05 Å². The highest BCUT2D eigenvalue weighted by molar-refractivity contribution is 14.0. The van der Waals surface area contributed by atoms with Gasteiger partial charge in [0.05, 0.1) is 0 Å². The summed E-state index contributed by atoms with van der Waals surface area (Å²) in [4.78, 5) is 6.44. The van der Waals surface area contributed by atoms with Crippen LogP contribution in [0.5, 0.6) is 0 Å². The summed E-state index contributed by atoms with van der Waals surface area (Å²) in [6, 6.07) is 0. The Morgan fingerprint density at radius 1 is 1.35 bits per heavy atom. The molecule has 0 amide bonds. The molecule has 0 spiro atoms. The van der Waals surface area contributed by atoms with E-state index in [0.29, 0.717) is 0 Å². The summed E-state index contributed by atoms with van der Waals surface area (Å²) >= 11 is 0. The van der Waals surface area contributed by atoms with Crippen molar-refractivity contribution in [1.82, 2.24) is 15.5 Å². The molecule has 0 saturated carbocycles. The second kappa shape index (κ2) is 13.8. The summed E-state index contributed by atoms with van der Waals surface area (Å²) in [5.41, 5.74) is 0. The lowest BCUT2D eigenvalue weighted by molar-refractivity contribution is 0.332. The van der Waals surface area contributed by atoms with E-state index in [0.717, 1.165) is 32.1 Å². The van der Waals surface area contributed by atoms with Crippen molar-refractivity contribution in [2.45, 2.75) is 19.8 Å². The molecule has 102 valence electrons. The van der Waals surface area contributed by atoms with Crippen molar-refractivity contribution in [2.24, 2.45) is 4.99 Å². The lowest BCUT2D eigenvalue weighted by Crippen LogP contribution is -2.41. The van der Waals surface area contributed by atoms with Gasteiger partial charge in [0, 0.05) is 26.7 Å². The van der Waals surface area contributed by atoms with Crippen molar-refractivity contribution in [3.05, 3.63) is 12.7 Å². The van der Waals surface area contributed by atoms with Crippen LogP contribution in [0.2, 0.25) is 0 Å². The van der Waals surface area contributed by atoms with Gasteiger partial charge in [-0.1, -0.05) is 19.4 Å². The summed E-state index contributed by atoms with van der Waals surface area (Å²) in [5, 5.41) is 6.40. The summed E-state index contributed by atoms with van der Waals surface area (Å²) < 4.78 is 0. The van der Waals surface area contributed by atoms with Gasteiger partial charge in [0.15, 0.2) is 5.96 Å². The average molecular weight is 354 g/mol. The standard InChI is InChI=1S/C12H26N4.HI/c1-5-7-10-16(4)11-9-15-12(13-3)14-8-6-2;/h6H,2,5,7-11H2,1,3-4H3,(H2,13,14,15);1H. The Bertz CT molecular complexity index is 207. The van der Waals surface area contributed by atoms with Gasteiger partial charge in [-0.25, -0.2) is 0 Å². The van der Waals surface area contributed by atoms with E-state index in [1.807, 2.05) is 6.08 Å². The minimum absolute atomic E-state index is 0. The van der Waals surface area contributed by atoms with Crippen LogP contribution in [0.3, 0.4) is 0 Å². The Labute approximate surface area is 123 Å². The Morgan fingerprint density at radius 2 is 2.06 bits per heavy atom. The van der Waals surface area contributed by atoms with E-state index >= 15 is 0 Å². The Kier molecular flexibility index (Phi) is 15.4. The van der Waals surface area contributed by atoms with Crippen LogP contribution in [-0.4, -0.2) is 51.1 Å². The molecule has 0 aliphatic carbocycles. The SMILES string of the molecule is C=CCNC(=NC)NCCN(C)CCCC.I. The molecule has 0 radical (unpaired) electrons. The van der Waals surface area contributed by atoms with E-state index in [4.69, 9.17) is 0 Å². The van der Waals surface area contributed by atoms with Crippen molar-refractivity contribution < 1.29 is 0 Å². The fourth-order valence-electron chi connectivity index (χ4n) is 1.29. The maximum absolute atomic E-state index is 4.11. The molecule has 4 nitrogen and oxygen atoms in total. The largest absolute Gasteiger partial charge is 0.355 e. The minimum Gasteiger partial charge on any atom is -0.355 e. The quantitative estimate of drug-likeness (QED) is 0.302. The van der Waals surface area contributed by atoms with Gasteiger partial charge in [-0.15, -0.1) is 30.6 Å². The number of halogens is 1. The first-order valence-corrected chi connectivity index (χ1v) is 5.98. The molecule has 2 N–H and O–H groups in total. The van der Waals surface area contributed by atoms with Crippen molar-refractivity contribution in [2.75, 3.05) is 40.3 Å². The van der Waals surface area contributed by atoms with Gasteiger partial charge >= 0.3 is 0 Å². The molecule has 0 aromatic carbocycles. The minimum atomic E-state index is 0. The number of unbranched alkanes of at least 4 members (excludes halogenated alkanes) is 1. The summed E-state index contributed by atoms with van der Waals surface area (Å²) in [5.74, 6) is 0.837. The van der Waals surface area contributed by atoms with E-state index in [9.17, 15) is 0 Å². The Morgan fingerprint density at radius 3 is 2.59 bits per heavy atom. The molecule has 0 atom stereocenters. The number of nitrogens with one attached hydrogen (secondary N) is 2. The highest BCUT2D eigenvalue weighted by Crippen LogP contribution is 1.89. The van der Waals surface area contributed by atoms with Crippen molar-refractivity contribution >= 4 is 29.9 Å². The molecule has 0 rings (SSSR count). The van der Waals surface area contributed by atoms with Gasteiger partial charge in [-0.3, -0.25) is 4.99 Å². The predicted octanol–water partition coefficient (Wildman–Crippen LogP) is 1.69. The Balaban J connectivity index is 0. The molecule has 17 heavy (non-hydrogen) atoms. The van der Waals surface area contributed by atoms with Crippen LogP contribution < -0.4 is 10.6 Å². The van der Waals surface area contributed by atoms with Crippen molar-refractivity contribution in [1.29, 1.82) is 0 Å². The molecular formula is C12H27IN4. The highest BCUT2D eigenvalue weighted by atomic mass is 127. The second-order valence-corrected chi connectivity index (χ2v) is 3.83. The molecule has 0 aliphatic rings. The van der Waals surface area contributed by atoms with Gasteiger partial charge < -0.3 is 15.5 Å². The number of rotatable bonds is 8. The molecule has 0 bridgehead atoms. The van der Waals surface area contributed by atoms with E-state index < -0.39 is 0 Å². The first-order valence-electron chi connectivity index (χ1n) is 5.98. The van der Waals surface area contributed by atoms with Gasteiger partial charge in [0.25, 0.3) is 0 Å². The van der Waals surface area contributed by atoms with E-state index in [1.165, 1.54) is 12.8 Å². The van der Waals surface area contributed by atoms with E-state index in [2.05, 4.69) is 41.1 Å².